The van der Waals surface area contributed by atoms with Crippen molar-refractivity contribution in [3.63, 3.8) is 0 Å². The number of halogens is 2. The minimum Gasteiger partial charge on any atom is -0.336 e. The Hall–Kier alpha value is -1.86. The molecule has 2 amide bonds. The molecule has 0 aliphatic carbocycles. The topological polar surface area (TPSA) is 49.4 Å². The Kier molecular flexibility index (Phi) is 6.81. The molecule has 0 aliphatic heterocycles. The molecule has 0 bridgehead atoms. The summed E-state index contributed by atoms with van der Waals surface area (Å²) in [6, 6.07) is 13.2. The predicted octanol–water partition coefficient (Wildman–Crippen LogP) is 3.78. The molecule has 2 aromatic carbocycles. The fourth-order valence-electron chi connectivity index (χ4n) is 1.84. The number of rotatable bonds is 6. The molecule has 4 nitrogen and oxygen atoms in total. The number of nitrogens with zero attached hydrogens (tertiary/aromatic N) is 1. The first-order valence-electron chi connectivity index (χ1n) is 7.12. The van der Waals surface area contributed by atoms with E-state index >= 15 is 0 Å². The van der Waals surface area contributed by atoms with Crippen molar-refractivity contribution in [2.45, 2.75) is 4.90 Å². The number of likely N-dealkylation sites (N-methyl/N-ethyl adjacent to an activating group) is 1. The van der Waals surface area contributed by atoms with Gasteiger partial charge in [0.05, 0.1) is 18.0 Å². The molecule has 0 atom stereocenters. The average molecular weight is 411 g/mol. The lowest BCUT2D eigenvalue weighted by Gasteiger charge is -2.17. The Morgan fingerprint density at radius 2 is 1.83 bits per heavy atom. The van der Waals surface area contributed by atoms with Crippen LogP contribution >= 0.6 is 27.7 Å². The van der Waals surface area contributed by atoms with E-state index in [1.807, 2.05) is 18.2 Å². The van der Waals surface area contributed by atoms with E-state index in [0.29, 0.717) is 5.69 Å². The maximum absolute atomic E-state index is 12.8. The number of carbonyl (C=O) groups is 2. The summed E-state index contributed by atoms with van der Waals surface area (Å²) in [5.74, 6) is -0.576. The van der Waals surface area contributed by atoms with Gasteiger partial charge in [-0.3, -0.25) is 9.59 Å². The van der Waals surface area contributed by atoms with E-state index in [2.05, 4.69) is 21.2 Å². The number of hydrogen-bond acceptors (Lipinski definition) is 3. The molecule has 0 unspecified atom stereocenters. The SMILES string of the molecule is CN(CC(=O)Nc1ccccc1Br)C(=O)CSc1ccc(F)cc1. The minimum absolute atomic E-state index is 0.0376. The normalized spacial score (nSPS) is 10.3. The third-order valence-electron chi connectivity index (χ3n) is 3.13. The predicted molar refractivity (Wildman–Crippen MR) is 97.5 cm³/mol. The number of amides is 2. The fourth-order valence-corrected chi connectivity index (χ4v) is 3.06. The number of carbonyl (C=O) groups excluding carboxylic acids is 2. The first-order valence-corrected chi connectivity index (χ1v) is 8.90. The van der Waals surface area contributed by atoms with Crippen molar-refractivity contribution >= 4 is 45.2 Å². The molecule has 0 aromatic heterocycles. The molecular weight excluding hydrogens is 395 g/mol. The number of anilines is 1. The minimum atomic E-state index is -0.313. The third kappa shape index (κ3) is 5.65. The number of hydrogen-bond donors (Lipinski definition) is 1. The third-order valence-corrected chi connectivity index (χ3v) is 4.82. The molecule has 0 saturated heterocycles. The molecule has 7 heteroatoms. The summed E-state index contributed by atoms with van der Waals surface area (Å²) in [7, 11) is 1.58. The van der Waals surface area contributed by atoms with E-state index < -0.39 is 0 Å². The second kappa shape index (κ2) is 8.84. The quantitative estimate of drug-likeness (QED) is 0.737. The summed E-state index contributed by atoms with van der Waals surface area (Å²) in [6.45, 7) is -0.0376. The van der Waals surface area contributed by atoms with Crippen molar-refractivity contribution in [1.82, 2.24) is 4.90 Å². The van der Waals surface area contributed by atoms with Crippen LogP contribution < -0.4 is 5.32 Å². The van der Waals surface area contributed by atoms with Crippen molar-refractivity contribution in [3.05, 3.63) is 58.8 Å². The lowest BCUT2D eigenvalue weighted by molar-refractivity contribution is -0.131. The number of para-hydroxylation sites is 1. The van der Waals surface area contributed by atoms with E-state index in [1.54, 1.807) is 25.2 Å². The van der Waals surface area contributed by atoms with Gasteiger partial charge in [0, 0.05) is 16.4 Å². The highest BCUT2D eigenvalue weighted by Gasteiger charge is 2.14. The molecule has 2 aromatic rings. The van der Waals surface area contributed by atoms with Gasteiger partial charge in [-0.15, -0.1) is 11.8 Å². The average Bonchev–Trinajstić information content (AvgIpc) is 2.56. The van der Waals surface area contributed by atoms with E-state index in [4.69, 9.17) is 0 Å². The molecule has 1 N–H and O–H groups in total. The summed E-state index contributed by atoms with van der Waals surface area (Å²) in [4.78, 5) is 26.3. The fraction of sp³-hybridized carbons (Fsp3) is 0.176. The van der Waals surface area contributed by atoms with Crippen LogP contribution in [0.3, 0.4) is 0 Å². The Bertz CT molecular complexity index is 725. The van der Waals surface area contributed by atoms with Gasteiger partial charge in [-0.25, -0.2) is 4.39 Å². The van der Waals surface area contributed by atoms with E-state index in [1.165, 1.54) is 28.8 Å². The largest absolute Gasteiger partial charge is 0.336 e. The van der Waals surface area contributed by atoms with Gasteiger partial charge in [0.15, 0.2) is 0 Å². The Morgan fingerprint density at radius 1 is 1.17 bits per heavy atom. The van der Waals surface area contributed by atoms with Crippen molar-refractivity contribution in [2.75, 3.05) is 24.7 Å². The van der Waals surface area contributed by atoms with Gasteiger partial charge < -0.3 is 10.2 Å². The number of nitrogens with one attached hydrogen (secondary N) is 1. The van der Waals surface area contributed by atoms with Crippen molar-refractivity contribution in [2.24, 2.45) is 0 Å². The molecule has 0 spiro atoms. The maximum atomic E-state index is 12.8. The Balaban J connectivity index is 1.81. The molecule has 0 fully saturated rings. The number of benzene rings is 2. The Morgan fingerprint density at radius 3 is 2.50 bits per heavy atom. The van der Waals surface area contributed by atoms with Crippen LogP contribution in [0.1, 0.15) is 0 Å². The van der Waals surface area contributed by atoms with Crippen LogP contribution in [-0.4, -0.2) is 36.1 Å². The van der Waals surface area contributed by atoms with Gasteiger partial charge in [-0.2, -0.15) is 0 Å². The summed E-state index contributed by atoms with van der Waals surface area (Å²) in [6.07, 6.45) is 0. The zero-order valence-corrected chi connectivity index (χ0v) is 15.4. The van der Waals surface area contributed by atoms with Gasteiger partial charge >= 0.3 is 0 Å². The van der Waals surface area contributed by atoms with E-state index in [9.17, 15) is 14.0 Å². The maximum Gasteiger partial charge on any atom is 0.244 e. The zero-order chi connectivity index (χ0) is 17.5. The van der Waals surface area contributed by atoms with E-state index in [-0.39, 0.29) is 29.9 Å². The first kappa shape index (κ1) is 18.5. The smallest absolute Gasteiger partial charge is 0.244 e. The van der Waals surface area contributed by atoms with Crippen molar-refractivity contribution < 1.29 is 14.0 Å². The molecule has 24 heavy (non-hydrogen) atoms. The summed E-state index contributed by atoms with van der Waals surface area (Å²) in [5.41, 5.74) is 0.657. The standard InChI is InChI=1S/C17H16BrFN2O2S/c1-21(10-16(22)20-15-5-3-2-4-14(15)18)17(23)11-24-13-8-6-12(19)7-9-13/h2-9H,10-11H2,1H3,(H,20,22). The van der Waals surface area contributed by atoms with Crippen LogP contribution in [0.25, 0.3) is 0 Å². The monoisotopic (exact) mass is 410 g/mol. The molecule has 0 saturated carbocycles. The van der Waals surface area contributed by atoms with Crippen LogP contribution in [0, 0.1) is 5.82 Å². The van der Waals surface area contributed by atoms with Gasteiger partial charge in [0.2, 0.25) is 11.8 Å². The van der Waals surface area contributed by atoms with Gasteiger partial charge in [0.25, 0.3) is 0 Å². The second-order valence-corrected chi connectivity index (χ2v) is 6.92. The summed E-state index contributed by atoms with van der Waals surface area (Å²) >= 11 is 4.65. The zero-order valence-electron chi connectivity index (χ0n) is 13.0. The van der Waals surface area contributed by atoms with Crippen molar-refractivity contribution in [1.29, 1.82) is 0 Å². The van der Waals surface area contributed by atoms with Gasteiger partial charge in [-0.05, 0) is 52.3 Å². The molecular formula is C17H16BrFN2O2S. The lowest BCUT2D eigenvalue weighted by atomic mass is 10.3. The van der Waals surface area contributed by atoms with Crippen LogP contribution in [0.15, 0.2) is 57.9 Å². The molecule has 0 heterocycles. The highest BCUT2D eigenvalue weighted by Crippen LogP contribution is 2.21. The van der Waals surface area contributed by atoms with Gasteiger partial charge in [-0.1, -0.05) is 12.1 Å². The molecule has 126 valence electrons. The van der Waals surface area contributed by atoms with Crippen LogP contribution in [0.4, 0.5) is 10.1 Å². The molecule has 0 radical (unpaired) electrons. The molecule has 2 rings (SSSR count). The summed E-state index contributed by atoms with van der Waals surface area (Å²) < 4.78 is 13.6. The lowest BCUT2D eigenvalue weighted by Crippen LogP contribution is -2.36. The van der Waals surface area contributed by atoms with Crippen LogP contribution in [0.2, 0.25) is 0 Å². The Labute approximate surface area is 152 Å². The molecule has 0 aliphatic rings. The van der Waals surface area contributed by atoms with Crippen molar-refractivity contribution in [3.8, 4) is 0 Å². The van der Waals surface area contributed by atoms with Crippen LogP contribution in [-0.2, 0) is 9.59 Å². The van der Waals surface area contributed by atoms with E-state index in [0.717, 1.165) is 9.37 Å². The first-order chi connectivity index (χ1) is 11.5. The highest BCUT2D eigenvalue weighted by atomic mass is 79.9. The summed E-state index contributed by atoms with van der Waals surface area (Å²) in [5, 5.41) is 2.75. The van der Waals surface area contributed by atoms with Crippen LogP contribution in [0.5, 0.6) is 0 Å². The highest BCUT2D eigenvalue weighted by molar-refractivity contribution is 9.10. The second-order valence-electron chi connectivity index (χ2n) is 5.02. The van der Waals surface area contributed by atoms with Gasteiger partial charge in [0.1, 0.15) is 5.82 Å². The number of thioether (sulfide) groups is 1.